The lowest BCUT2D eigenvalue weighted by Crippen LogP contribution is -2.42. The molecule has 2 saturated heterocycles. The molecule has 1 aromatic rings. The number of piperidine rings is 1. The van der Waals surface area contributed by atoms with Gasteiger partial charge in [0.2, 0.25) is 11.8 Å². The van der Waals surface area contributed by atoms with Gasteiger partial charge in [0.25, 0.3) is 0 Å². The molecule has 0 aromatic carbocycles. The largest absolute Gasteiger partial charge is 0.383 e. The number of carbonyl (C=O) groups is 2. The van der Waals surface area contributed by atoms with E-state index in [4.69, 9.17) is 14.7 Å². The number of rotatable bonds is 7. The molecule has 3 fully saturated rings. The Hall–Kier alpha value is -2.22. The van der Waals surface area contributed by atoms with Crippen molar-refractivity contribution in [3.63, 3.8) is 0 Å². The van der Waals surface area contributed by atoms with Crippen LogP contribution in [0.25, 0.3) is 0 Å². The third-order valence-electron chi connectivity index (χ3n) is 7.34. The first-order valence-corrected chi connectivity index (χ1v) is 12.2. The molecular formula is C24H37N5O3. The molecule has 0 radical (unpaired) electrons. The second-order valence-electron chi connectivity index (χ2n) is 9.45. The Balaban J connectivity index is 1.41. The molecule has 176 valence electrons. The Labute approximate surface area is 191 Å². The SMILES string of the molecule is CNc1cc([C@H]2CC(=O)N(CCOC)C2)nc(C2CCN(C(=O)C3CCCCC3)CC2)n1. The molecular weight excluding hydrogens is 406 g/mol. The lowest BCUT2D eigenvalue weighted by Gasteiger charge is -2.35. The van der Waals surface area contributed by atoms with Crippen molar-refractivity contribution in [3.8, 4) is 0 Å². The van der Waals surface area contributed by atoms with Crippen LogP contribution in [-0.4, -0.2) is 78.5 Å². The zero-order valence-electron chi connectivity index (χ0n) is 19.5. The van der Waals surface area contributed by atoms with E-state index in [0.717, 1.165) is 56.1 Å². The molecule has 0 spiro atoms. The van der Waals surface area contributed by atoms with Crippen LogP contribution in [0.15, 0.2) is 6.07 Å². The standard InChI is InChI=1S/C24H37N5O3/c1-25-21-15-20(19-14-22(30)29(16-19)12-13-32-2)26-23(27-21)17-8-10-28(11-9-17)24(31)18-6-4-3-5-7-18/h15,17-19H,3-14,16H2,1-2H3,(H,25,26,27)/t19-/m0/s1. The third kappa shape index (κ3) is 5.22. The van der Waals surface area contributed by atoms with Crippen molar-refractivity contribution in [2.45, 2.75) is 63.2 Å². The highest BCUT2D eigenvalue weighted by Crippen LogP contribution is 2.33. The number of ether oxygens (including phenoxy) is 1. The molecule has 32 heavy (non-hydrogen) atoms. The maximum atomic E-state index is 12.9. The number of hydrogen-bond donors (Lipinski definition) is 1. The van der Waals surface area contributed by atoms with Gasteiger partial charge in [-0.1, -0.05) is 19.3 Å². The van der Waals surface area contributed by atoms with Gasteiger partial charge in [-0.3, -0.25) is 9.59 Å². The topological polar surface area (TPSA) is 87.7 Å². The number of carbonyl (C=O) groups excluding carboxylic acids is 2. The zero-order chi connectivity index (χ0) is 22.5. The fourth-order valence-electron chi connectivity index (χ4n) is 5.36. The fraction of sp³-hybridized carbons (Fsp3) is 0.750. The average molecular weight is 444 g/mol. The van der Waals surface area contributed by atoms with E-state index in [1.54, 1.807) is 7.11 Å². The van der Waals surface area contributed by atoms with Crippen LogP contribution in [-0.2, 0) is 14.3 Å². The molecule has 8 heteroatoms. The maximum absolute atomic E-state index is 12.9. The number of nitrogens with one attached hydrogen (secondary N) is 1. The quantitative estimate of drug-likeness (QED) is 0.697. The van der Waals surface area contributed by atoms with Gasteiger partial charge in [-0.2, -0.15) is 0 Å². The van der Waals surface area contributed by atoms with E-state index in [2.05, 4.69) is 10.2 Å². The van der Waals surface area contributed by atoms with Gasteiger partial charge in [0.15, 0.2) is 0 Å². The summed E-state index contributed by atoms with van der Waals surface area (Å²) in [6.45, 7) is 3.42. The lowest BCUT2D eigenvalue weighted by atomic mass is 9.87. The number of amides is 2. The monoisotopic (exact) mass is 443 g/mol. The summed E-state index contributed by atoms with van der Waals surface area (Å²) >= 11 is 0. The molecule has 3 aliphatic rings. The van der Waals surface area contributed by atoms with Gasteiger partial charge >= 0.3 is 0 Å². The van der Waals surface area contributed by atoms with Crippen molar-refractivity contribution < 1.29 is 14.3 Å². The van der Waals surface area contributed by atoms with Gasteiger partial charge in [-0.15, -0.1) is 0 Å². The van der Waals surface area contributed by atoms with Gasteiger partial charge in [-0.05, 0) is 25.7 Å². The zero-order valence-corrected chi connectivity index (χ0v) is 19.5. The van der Waals surface area contributed by atoms with Gasteiger partial charge in [-0.25, -0.2) is 9.97 Å². The molecule has 3 heterocycles. The Kier molecular flexibility index (Phi) is 7.60. The first-order chi connectivity index (χ1) is 15.6. The fourth-order valence-corrected chi connectivity index (χ4v) is 5.36. The molecule has 4 rings (SSSR count). The van der Waals surface area contributed by atoms with Crippen LogP contribution < -0.4 is 5.32 Å². The van der Waals surface area contributed by atoms with E-state index in [-0.39, 0.29) is 23.7 Å². The number of likely N-dealkylation sites (tertiary alicyclic amines) is 2. The Bertz CT molecular complexity index is 803. The number of methoxy groups -OCH3 is 1. The van der Waals surface area contributed by atoms with E-state index in [0.29, 0.717) is 32.0 Å². The molecule has 2 aliphatic heterocycles. The normalized spacial score (nSPS) is 23.1. The summed E-state index contributed by atoms with van der Waals surface area (Å²) in [5, 5.41) is 3.16. The predicted molar refractivity (Wildman–Crippen MR) is 123 cm³/mol. The molecule has 1 saturated carbocycles. The first-order valence-electron chi connectivity index (χ1n) is 12.2. The minimum atomic E-state index is 0.0844. The van der Waals surface area contributed by atoms with Crippen LogP contribution >= 0.6 is 0 Å². The van der Waals surface area contributed by atoms with Crippen LogP contribution in [0.2, 0.25) is 0 Å². The molecule has 0 bridgehead atoms. The Morgan fingerprint density at radius 2 is 1.88 bits per heavy atom. The summed E-state index contributed by atoms with van der Waals surface area (Å²) in [7, 11) is 3.52. The highest BCUT2D eigenvalue weighted by Gasteiger charge is 2.34. The summed E-state index contributed by atoms with van der Waals surface area (Å²) in [6.07, 6.45) is 8.03. The number of nitrogens with zero attached hydrogens (tertiary/aromatic N) is 4. The third-order valence-corrected chi connectivity index (χ3v) is 7.34. The molecule has 8 nitrogen and oxygen atoms in total. The Morgan fingerprint density at radius 3 is 2.56 bits per heavy atom. The second-order valence-corrected chi connectivity index (χ2v) is 9.45. The number of anilines is 1. The first kappa shape index (κ1) is 23.0. The van der Waals surface area contributed by atoms with Crippen molar-refractivity contribution in [1.82, 2.24) is 19.8 Å². The van der Waals surface area contributed by atoms with Crippen molar-refractivity contribution in [2.75, 3.05) is 52.3 Å². The molecule has 2 amide bonds. The van der Waals surface area contributed by atoms with Gasteiger partial charge in [0.1, 0.15) is 11.6 Å². The number of aromatic nitrogens is 2. The van der Waals surface area contributed by atoms with E-state index in [1.807, 2.05) is 18.0 Å². The van der Waals surface area contributed by atoms with Crippen LogP contribution in [0, 0.1) is 5.92 Å². The summed E-state index contributed by atoms with van der Waals surface area (Å²) in [4.78, 5) is 38.9. The Morgan fingerprint density at radius 1 is 1.12 bits per heavy atom. The van der Waals surface area contributed by atoms with Crippen molar-refractivity contribution in [2.24, 2.45) is 5.92 Å². The van der Waals surface area contributed by atoms with Gasteiger partial charge in [0.05, 0.1) is 12.3 Å². The molecule has 0 unspecified atom stereocenters. The summed E-state index contributed by atoms with van der Waals surface area (Å²) < 4.78 is 5.13. The van der Waals surface area contributed by atoms with Crippen LogP contribution in [0.3, 0.4) is 0 Å². The summed E-state index contributed by atoms with van der Waals surface area (Å²) in [6, 6.07) is 1.98. The van der Waals surface area contributed by atoms with Gasteiger partial charge in [0, 0.05) is 70.6 Å². The van der Waals surface area contributed by atoms with Crippen LogP contribution in [0.5, 0.6) is 0 Å². The molecule has 1 N–H and O–H groups in total. The highest BCUT2D eigenvalue weighted by molar-refractivity contribution is 5.80. The molecule has 1 aliphatic carbocycles. The minimum Gasteiger partial charge on any atom is -0.383 e. The molecule has 1 atom stereocenters. The van der Waals surface area contributed by atoms with Crippen molar-refractivity contribution in [1.29, 1.82) is 0 Å². The van der Waals surface area contributed by atoms with Crippen molar-refractivity contribution in [3.05, 3.63) is 17.6 Å². The highest BCUT2D eigenvalue weighted by atomic mass is 16.5. The predicted octanol–water partition coefficient (Wildman–Crippen LogP) is 2.77. The minimum absolute atomic E-state index is 0.0844. The van der Waals surface area contributed by atoms with Gasteiger partial charge < -0.3 is 19.9 Å². The van der Waals surface area contributed by atoms with Crippen LogP contribution in [0.1, 0.15) is 74.7 Å². The maximum Gasteiger partial charge on any atom is 0.225 e. The van der Waals surface area contributed by atoms with Crippen molar-refractivity contribution >= 4 is 17.6 Å². The van der Waals surface area contributed by atoms with E-state index >= 15 is 0 Å². The summed E-state index contributed by atoms with van der Waals surface area (Å²) in [5.74, 6) is 2.73. The lowest BCUT2D eigenvalue weighted by molar-refractivity contribution is -0.137. The average Bonchev–Trinajstić information content (AvgIpc) is 3.23. The molecule has 1 aromatic heterocycles. The van der Waals surface area contributed by atoms with Crippen LogP contribution in [0.4, 0.5) is 5.82 Å². The smallest absolute Gasteiger partial charge is 0.225 e. The van der Waals surface area contributed by atoms with E-state index in [9.17, 15) is 9.59 Å². The summed E-state index contributed by atoms with van der Waals surface area (Å²) in [5.41, 5.74) is 0.938. The second kappa shape index (κ2) is 10.6. The van der Waals surface area contributed by atoms with E-state index in [1.165, 1.54) is 19.3 Å². The number of hydrogen-bond acceptors (Lipinski definition) is 6. The van der Waals surface area contributed by atoms with E-state index < -0.39 is 0 Å².